The molecule has 2 N–H and O–H groups in total. The van der Waals surface area contributed by atoms with Crippen LogP contribution in [0.2, 0.25) is 0 Å². The molecule has 1 aromatic heterocycles. The van der Waals surface area contributed by atoms with Crippen LogP contribution in [0.1, 0.15) is 33.6 Å². The van der Waals surface area contributed by atoms with Crippen molar-refractivity contribution in [3.8, 4) is 5.75 Å². The van der Waals surface area contributed by atoms with Gasteiger partial charge < -0.3 is 15.4 Å². The number of para-hydroxylation sites is 1. The zero-order valence-corrected chi connectivity index (χ0v) is 15.4. The van der Waals surface area contributed by atoms with Gasteiger partial charge in [-0.2, -0.15) is 0 Å². The molecule has 3 heterocycles. The van der Waals surface area contributed by atoms with Gasteiger partial charge in [0.1, 0.15) is 11.4 Å². The average molecular weight is 378 g/mol. The van der Waals surface area contributed by atoms with Crippen molar-refractivity contribution in [1.29, 1.82) is 0 Å². The molecule has 2 aliphatic heterocycles. The minimum atomic E-state index is -0.637. The number of nitrogen functional groups attached to an aromatic ring is 1. The number of thiophene rings is 1. The van der Waals surface area contributed by atoms with Crippen LogP contribution in [0.4, 0.5) is 5.00 Å². The smallest absolute Gasteiger partial charge is 0.257 e. The first-order valence-electron chi connectivity index (χ1n) is 8.94. The van der Waals surface area contributed by atoms with Crippen molar-refractivity contribution in [2.24, 2.45) is 0 Å². The molecule has 6 heteroatoms. The standard InChI is InChI=1S/C21H18N2O3S/c22-19-18(14-6-2-4-8-17(14)27-19)20(25)23-10-9-21(12-23)11-15(24)13-5-1-3-7-16(13)26-21/h1-8H,9-12,22H2. The van der Waals surface area contributed by atoms with E-state index in [2.05, 4.69) is 0 Å². The molecular weight excluding hydrogens is 360 g/mol. The summed E-state index contributed by atoms with van der Waals surface area (Å²) < 4.78 is 7.23. The molecule has 0 radical (unpaired) electrons. The molecular formula is C21H18N2O3S. The molecule has 2 aromatic carbocycles. The predicted molar refractivity (Wildman–Crippen MR) is 106 cm³/mol. The van der Waals surface area contributed by atoms with Crippen molar-refractivity contribution in [2.45, 2.75) is 18.4 Å². The number of hydrogen-bond acceptors (Lipinski definition) is 5. The van der Waals surface area contributed by atoms with Gasteiger partial charge in [-0.3, -0.25) is 9.59 Å². The van der Waals surface area contributed by atoms with Gasteiger partial charge in [-0.15, -0.1) is 11.3 Å². The number of hydrogen-bond donors (Lipinski definition) is 1. The first-order chi connectivity index (χ1) is 13.1. The van der Waals surface area contributed by atoms with Crippen LogP contribution in [0, 0.1) is 0 Å². The molecule has 1 spiro atoms. The molecule has 5 nitrogen and oxygen atoms in total. The molecule has 1 saturated heterocycles. The normalized spacial score (nSPS) is 21.5. The van der Waals surface area contributed by atoms with Crippen LogP contribution in [0.5, 0.6) is 5.75 Å². The summed E-state index contributed by atoms with van der Waals surface area (Å²) in [5.74, 6) is 0.604. The molecule has 0 saturated carbocycles. The lowest BCUT2D eigenvalue weighted by Crippen LogP contribution is -2.45. The third-order valence-corrected chi connectivity index (χ3v) is 6.44. The first-order valence-corrected chi connectivity index (χ1v) is 9.75. The van der Waals surface area contributed by atoms with E-state index in [1.807, 2.05) is 42.5 Å². The van der Waals surface area contributed by atoms with Crippen molar-refractivity contribution < 1.29 is 14.3 Å². The van der Waals surface area contributed by atoms with Gasteiger partial charge in [0.2, 0.25) is 0 Å². The number of nitrogens with zero attached hydrogens (tertiary/aromatic N) is 1. The summed E-state index contributed by atoms with van der Waals surface area (Å²) in [5.41, 5.74) is 6.72. The van der Waals surface area contributed by atoms with E-state index in [0.717, 1.165) is 10.1 Å². The summed E-state index contributed by atoms with van der Waals surface area (Å²) in [4.78, 5) is 27.6. The van der Waals surface area contributed by atoms with Crippen LogP contribution >= 0.6 is 11.3 Å². The second-order valence-corrected chi connectivity index (χ2v) is 8.28. The minimum Gasteiger partial charge on any atom is -0.484 e. The number of rotatable bonds is 1. The number of benzene rings is 2. The van der Waals surface area contributed by atoms with Crippen molar-refractivity contribution in [1.82, 2.24) is 4.90 Å². The number of ketones is 1. The average Bonchev–Trinajstić information content (AvgIpc) is 3.21. The number of ether oxygens (including phenoxy) is 1. The maximum absolute atomic E-state index is 13.2. The van der Waals surface area contributed by atoms with Crippen LogP contribution in [-0.2, 0) is 0 Å². The van der Waals surface area contributed by atoms with Crippen molar-refractivity contribution >= 4 is 38.1 Å². The Morgan fingerprint density at radius 1 is 1.15 bits per heavy atom. The Bertz CT molecular complexity index is 1090. The van der Waals surface area contributed by atoms with Gasteiger partial charge in [0.05, 0.1) is 29.1 Å². The predicted octanol–water partition coefficient (Wildman–Crippen LogP) is 3.73. The van der Waals surface area contributed by atoms with Gasteiger partial charge in [0, 0.05) is 23.1 Å². The van der Waals surface area contributed by atoms with Gasteiger partial charge >= 0.3 is 0 Å². The van der Waals surface area contributed by atoms with Crippen LogP contribution in [0.25, 0.3) is 10.1 Å². The molecule has 1 amide bonds. The summed E-state index contributed by atoms with van der Waals surface area (Å²) in [6.45, 7) is 0.952. The maximum Gasteiger partial charge on any atom is 0.257 e. The van der Waals surface area contributed by atoms with E-state index >= 15 is 0 Å². The van der Waals surface area contributed by atoms with Gasteiger partial charge in [0.15, 0.2) is 5.78 Å². The highest BCUT2D eigenvalue weighted by Gasteiger charge is 2.47. The first kappa shape index (κ1) is 16.3. The Morgan fingerprint density at radius 2 is 1.93 bits per heavy atom. The fourth-order valence-corrected chi connectivity index (χ4v) is 5.09. The lowest BCUT2D eigenvalue weighted by atomic mass is 9.89. The van der Waals surface area contributed by atoms with E-state index in [4.69, 9.17) is 10.5 Å². The number of anilines is 1. The minimum absolute atomic E-state index is 0.0756. The number of Topliss-reactive ketones (excluding diaryl/α,β-unsaturated/α-hetero) is 1. The van der Waals surface area contributed by atoms with Gasteiger partial charge in [-0.25, -0.2) is 0 Å². The molecule has 5 rings (SSSR count). The summed E-state index contributed by atoms with van der Waals surface area (Å²) in [6, 6.07) is 15.1. The van der Waals surface area contributed by atoms with E-state index in [1.165, 1.54) is 11.3 Å². The molecule has 27 heavy (non-hydrogen) atoms. The van der Waals surface area contributed by atoms with Crippen LogP contribution in [-0.4, -0.2) is 35.3 Å². The molecule has 0 bridgehead atoms. The molecule has 1 atom stereocenters. The number of fused-ring (bicyclic) bond motifs is 2. The topological polar surface area (TPSA) is 72.6 Å². The third-order valence-electron chi connectivity index (χ3n) is 5.44. The maximum atomic E-state index is 13.2. The Hall–Kier alpha value is -2.86. The number of carbonyl (C=O) groups excluding carboxylic acids is 2. The van der Waals surface area contributed by atoms with Crippen molar-refractivity contribution in [3.05, 3.63) is 59.7 Å². The van der Waals surface area contributed by atoms with E-state index in [1.54, 1.807) is 11.0 Å². The summed E-state index contributed by atoms with van der Waals surface area (Å²) >= 11 is 1.43. The summed E-state index contributed by atoms with van der Waals surface area (Å²) in [6.07, 6.45) is 0.939. The van der Waals surface area contributed by atoms with Crippen molar-refractivity contribution in [2.75, 3.05) is 18.8 Å². The third kappa shape index (κ3) is 2.51. The molecule has 3 aromatic rings. The summed E-state index contributed by atoms with van der Waals surface area (Å²) in [5, 5.41) is 1.42. The van der Waals surface area contributed by atoms with E-state index in [9.17, 15) is 9.59 Å². The van der Waals surface area contributed by atoms with E-state index in [-0.39, 0.29) is 11.7 Å². The quantitative estimate of drug-likeness (QED) is 0.700. The van der Waals surface area contributed by atoms with Gasteiger partial charge in [-0.1, -0.05) is 30.3 Å². The fraction of sp³-hybridized carbons (Fsp3) is 0.238. The van der Waals surface area contributed by atoms with Crippen LogP contribution < -0.4 is 10.5 Å². The zero-order valence-electron chi connectivity index (χ0n) is 14.6. The SMILES string of the molecule is Nc1sc2ccccc2c1C(=O)N1CCC2(CC(=O)c3ccccc3O2)C1. The second kappa shape index (κ2) is 5.82. The highest BCUT2D eigenvalue weighted by Crippen LogP contribution is 2.40. The van der Waals surface area contributed by atoms with Crippen molar-refractivity contribution in [3.63, 3.8) is 0 Å². The monoisotopic (exact) mass is 378 g/mol. The van der Waals surface area contributed by atoms with E-state index in [0.29, 0.717) is 47.8 Å². The van der Waals surface area contributed by atoms with Crippen LogP contribution in [0.15, 0.2) is 48.5 Å². The largest absolute Gasteiger partial charge is 0.484 e. The zero-order chi connectivity index (χ0) is 18.6. The van der Waals surface area contributed by atoms with Gasteiger partial charge in [-0.05, 0) is 18.2 Å². The Kier molecular flexibility index (Phi) is 3.52. The van der Waals surface area contributed by atoms with Gasteiger partial charge in [0.25, 0.3) is 5.91 Å². The number of likely N-dealkylation sites (tertiary alicyclic amines) is 1. The molecule has 2 aliphatic rings. The summed E-state index contributed by atoms with van der Waals surface area (Å²) in [7, 11) is 0. The highest BCUT2D eigenvalue weighted by molar-refractivity contribution is 7.23. The molecule has 1 unspecified atom stereocenters. The molecule has 0 aliphatic carbocycles. The highest BCUT2D eigenvalue weighted by atomic mass is 32.1. The van der Waals surface area contributed by atoms with E-state index < -0.39 is 5.60 Å². The molecule has 136 valence electrons. The van der Waals surface area contributed by atoms with Crippen LogP contribution in [0.3, 0.4) is 0 Å². The number of amides is 1. The molecule has 1 fully saturated rings. The Morgan fingerprint density at radius 3 is 2.81 bits per heavy atom. The fourth-order valence-electron chi connectivity index (χ4n) is 4.13. The Balaban J connectivity index is 1.45. The number of carbonyl (C=O) groups is 2. The Labute approximate surface area is 160 Å². The second-order valence-electron chi connectivity index (χ2n) is 7.20. The lowest BCUT2D eigenvalue weighted by molar-refractivity contribution is 0.0429. The lowest BCUT2D eigenvalue weighted by Gasteiger charge is -2.34. The number of nitrogens with two attached hydrogens (primary N) is 1.